The summed E-state index contributed by atoms with van der Waals surface area (Å²) in [4.78, 5) is 16.7. The zero-order valence-corrected chi connectivity index (χ0v) is 12.8. The highest BCUT2D eigenvalue weighted by molar-refractivity contribution is 7.87. The summed E-state index contributed by atoms with van der Waals surface area (Å²) in [7, 11) is -3.67. The van der Waals surface area contributed by atoms with Crippen molar-refractivity contribution in [2.75, 3.05) is 18.0 Å². The third-order valence-electron chi connectivity index (χ3n) is 3.90. The second-order valence-corrected chi connectivity index (χ2v) is 6.81. The highest BCUT2D eigenvalue weighted by atomic mass is 32.2. The molecule has 1 fully saturated rings. The van der Waals surface area contributed by atoms with Gasteiger partial charge in [-0.05, 0) is 18.9 Å². The summed E-state index contributed by atoms with van der Waals surface area (Å²) in [5.41, 5.74) is 1.54. The molecule has 7 nitrogen and oxygen atoms in total. The normalized spacial score (nSPS) is 17.0. The van der Waals surface area contributed by atoms with Crippen LogP contribution in [0.5, 0.6) is 0 Å². The van der Waals surface area contributed by atoms with Crippen molar-refractivity contribution in [3.8, 4) is 0 Å². The number of H-pyrrole nitrogens is 1. The Bertz CT molecular complexity index is 839. The number of nitrogens with zero attached hydrogens (tertiary/aromatic N) is 1. The van der Waals surface area contributed by atoms with Gasteiger partial charge in [0.1, 0.15) is 0 Å². The van der Waals surface area contributed by atoms with Crippen molar-refractivity contribution in [3.05, 3.63) is 40.7 Å². The first-order chi connectivity index (χ1) is 10.4. The molecule has 22 heavy (non-hydrogen) atoms. The Kier molecular flexibility index (Phi) is 3.90. The number of hydrogen-bond donors (Lipinski definition) is 3. The van der Waals surface area contributed by atoms with Crippen LogP contribution >= 0.6 is 0 Å². The molecule has 0 unspecified atom stereocenters. The molecule has 1 aromatic heterocycles. The smallest absolute Gasteiger partial charge is 0.274 e. The minimum atomic E-state index is -3.67. The van der Waals surface area contributed by atoms with Crippen molar-refractivity contribution < 1.29 is 8.42 Å². The highest BCUT2D eigenvalue weighted by Crippen LogP contribution is 2.26. The number of anilines is 1. The SMILES string of the molecule is NS(=O)(=O)NC1CCN(c2cc(=O)[nH]c3ccccc23)CC1. The maximum atomic E-state index is 11.8. The molecule has 1 aromatic carbocycles. The van der Waals surface area contributed by atoms with Gasteiger partial charge in [-0.1, -0.05) is 18.2 Å². The van der Waals surface area contributed by atoms with E-state index >= 15 is 0 Å². The van der Waals surface area contributed by atoms with Crippen LogP contribution in [0.3, 0.4) is 0 Å². The standard InChI is InChI=1S/C14H18N4O3S/c15-22(20,21)17-10-5-7-18(8-6-10)13-9-14(19)16-12-4-2-1-3-11(12)13/h1-4,9-10,17H,5-8H2,(H,16,19)(H2,15,20,21). The molecule has 2 aromatic rings. The number of aromatic nitrogens is 1. The lowest BCUT2D eigenvalue weighted by molar-refractivity contribution is 0.461. The maximum Gasteiger partial charge on any atom is 0.274 e. The number of piperidine rings is 1. The molecular formula is C14H18N4O3S. The summed E-state index contributed by atoms with van der Waals surface area (Å²) in [6, 6.07) is 9.09. The minimum absolute atomic E-state index is 0.140. The van der Waals surface area contributed by atoms with Crippen LogP contribution in [-0.4, -0.2) is 32.5 Å². The van der Waals surface area contributed by atoms with Crippen molar-refractivity contribution >= 4 is 26.8 Å². The molecule has 0 atom stereocenters. The van der Waals surface area contributed by atoms with Gasteiger partial charge in [-0.25, -0.2) is 5.14 Å². The topological polar surface area (TPSA) is 108 Å². The number of nitrogens with two attached hydrogens (primary N) is 1. The van der Waals surface area contributed by atoms with Gasteiger partial charge in [0, 0.05) is 30.6 Å². The van der Waals surface area contributed by atoms with Gasteiger partial charge in [0.25, 0.3) is 10.2 Å². The minimum Gasteiger partial charge on any atom is -0.371 e. The van der Waals surface area contributed by atoms with Gasteiger partial charge in [-0.15, -0.1) is 0 Å². The van der Waals surface area contributed by atoms with Gasteiger partial charge < -0.3 is 9.88 Å². The van der Waals surface area contributed by atoms with E-state index in [4.69, 9.17) is 5.14 Å². The Morgan fingerprint density at radius 1 is 1.23 bits per heavy atom. The molecule has 4 N–H and O–H groups in total. The van der Waals surface area contributed by atoms with Gasteiger partial charge in [0.2, 0.25) is 5.56 Å². The van der Waals surface area contributed by atoms with Crippen molar-refractivity contribution in [1.29, 1.82) is 0 Å². The van der Waals surface area contributed by atoms with Crippen LogP contribution in [0, 0.1) is 0 Å². The predicted octanol–water partition coefficient (Wildman–Crippen LogP) is 0.290. The van der Waals surface area contributed by atoms with Crippen molar-refractivity contribution in [2.45, 2.75) is 18.9 Å². The first kappa shape index (κ1) is 15.0. The Morgan fingerprint density at radius 2 is 1.91 bits per heavy atom. The zero-order chi connectivity index (χ0) is 15.7. The Labute approximate surface area is 128 Å². The van der Waals surface area contributed by atoms with Crippen LogP contribution in [0.1, 0.15) is 12.8 Å². The van der Waals surface area contributed by atoms with Gasteiger partial charge in [0.15, 0.2) is 0 Å². The molecule has 118 valence electrons. The fourth-order valence-electron chi connectivity index (χ4n) is 2.92. The molecule has 0 radical (unpaired) electrons. The average molecular weight is 322 g/mol. The molecule has 2 heterocycles. The van der Waals surface area contributed by atoms with Crippen LogP contribution in [0.15, 0.2) is 35.1 Å². The van der Waals surface area contributed by atoms with E-state index in [-0.39, 0.29) is 11.6 Å². The second kappa shape index (κ2) is 5.71. The number of para-hydroxylation sites is 1. The second-order valence-electron chi connectivity index (χ2n) is 5.49. The summed E-state index contributed by atoms with van der Waals surface area (Å²) in [5.74, 6) is 0. The monoisotopic (exact) mass is 322 g/mol. The molecule has 0 aliphatic carbocycles. The first-order valence-electron chi connectivity index (χ1n) is 7.09. The third-order valence-corrected chi connectivity index (χ3v) is 4.56. The van der Waals surface area contributed by atoms with Crippen molar-refractivity contribution in [3.63, 3.8) is 0 Å². The number of aromatic amines is 1. The van der Waals surface area contributed by atoms with Crippen LogP contribution in [0.25, 0.3) is 10.9 Å². The lowest BCUT2D eigenvalue weighted by Gasteiger charge is -2.34. The number of nitrogens with one attached hydrogen (secondary N) is 2. The summed E-state index contributed by atoms with van der Waals surface area (Å²) < 4.78 is 24.6. The average Bonchev–Trinajstić information content (AvgIpc) is 2.45. The van der Waals surface area contributed by atoms with E-state index < -0.39 is 10.2 Å². The molecule has 3 rings (SSSR count). The van der Waals surface area contributed by atoms with E-state index in [1.165, 1.54) is 0 Å². The fraction of sp³-hybridized carbons (Fsp3) is 0.357. The van der Waals surface area contributed by atoms with E-state index in [2.05, 4.69) is 14.6 Å². The first-order valence-corrected chi connectivity index (χ1v) is 8.64. The molecule has 0 amide bonds. The summed E-state index contributed by atoms with van der Waals surface area (Å²) in [6.45, 7) is 1.33. The number of hydrogen-bond acceptors (Lipinski definition) is 4. The maximum absolute atomic E-state index is 11.8. The Morgan fingerprint density at radius 3 is 2.59 bits per heavy atom. The van der Waals surface area contributed by atoms with E-state index in [1.54, 1.807) is 6.07 Å². The third kappa shape index (κ3) is 3.29. The van der Waals surface area contributed by atoms with Crippen LogP contribution in [0.4, 0.5) is 5.69 Å². The Balaban J connectivity index is 1.84. The molecule has 0 spiro atoms. The molecule has 1 aliphatic rings. The number of fused-ring (bicyclic) bond motifs is 1. The number of benzene rings is 1. The fourth-order valence-corrected chi connectivity index (χ4v) is 3.62. The molecule has 0 saturated carbocycles. The van der Waals surface area contributed by atoms with Gasteiger partial charge in [-0.2, -0.15) is 13.1 Å². The van der Waals surface area contributed by atoms with Crippen molar-refractivity contribution in [2.24, 2.45) is 5.14 Å². The predicted molar refractivity (Wildman–Crippen MR) is 86.0 cm³/mol. The van der Waals surface area contributed by atoms with E-state index in [1.807, 2.05) is 24.3 Å². The van der Waals surface area contributed by atoms with E-state index in [0.29, 0.717) is 25.9 Å². The molecule has 1 saturated heterocycles. The quantitative estimate of drug-likeness (QED) is 0.754. The van der Waals surface area contributed by atoms with Crippen molar-refractivity contribution in [1.82, 2.24) is 9.71 Å². The van der Waals surface area contributed by atoms with Gasteiger partial charge in [0.05, 0.1) is 11.2 Å². The number of rotatable bonds is 3. The van der Waals surface area contributed by atoms with E-state index in [9.17, 15) is 13.2 Å². The van der Waals surface area contributed by atoms with Gasteiger partial charge in [-0.3, -0.25) is 4.79 Å². The largest absolute Gasteiger partial charge is 0.371 e. The van der Waals surface area contributed by atoms with Crippen LogP contribution < -0.4 is 20.3 Å². The van der Waals surface area contributed by atoms with Gasteiger partial charge >= 0.3 is 0 Å². The zero-order valence-electron chi connectivity index (χ0n) is 12.0. The molecule has 0 bridgehead atoms. The van der Waals surface area contributed by atoms with Crippen LogP contribution in [0.2, 0.25) is 0 Å². The molecule has 1 aliphatic heterocycles. The Hall–Kier alpha value is -1.90. The highest BCUT2D eigenvalue weighted by Gasteiger charge is 2.23. The summed E-state index contributed by atoms with van der Waals surface area (Å²) in [5, 5.41) is 5.99. The molecular weight excluding hydrogens is 304 g/mol. The number of pyridine rings is 1. The lowest BCUT2D eigenvalue weighted by atomic mass is 10.0. The summed E-state index contributed by atoms with van der Waals surface area (Å²) in [6.07, 6.45) is 1.30. The van der Waals surface area contributed by atoms with Crippen LogP contribution in [-0.2, 0) is 10.2 Å². The molecule has 8 heteroatoms. The lowest BCUT2D eigenvalue weighted by Crippen LogP contribution is -2.46. The van der Waals surface area contributed by atoms with E-state index in [0.717, 1.165) is 16.6 Å². The summed E-state index contributed by atoms with van der Waals surface area (Å²) >= 11 is 0.